The molecule has 1 aliphatic rings. The monoisotopic (exact) mass is 458 g/mol. The summed E-state index contributed by atoms with van der Waals surface area (Å²) < 4.78 is 6.34. The molecular formula is C20H19BrN4O4. The highest BCUT2D eigenvalue weighted by Crippen LogP contribution is 2.22. The van der Waals surface area contributed by atoms with E-state index in [-0.39, 0.29) is 18.6 Å². The Morgan fingerprint density at radius 3 is 2.59 bits per heavy atom. The Balaban J connectivity index is 1.56. The van der Waals surface area contributed by atoms with Crippen molar-refractivity contribution >= 4 is 45.6 Å². The predicted molar refractivity (Wildman–Crippen MR) is 112 cm³/mol. The van der Waals surface area contributed by atoms with E-state index in [1.54, 1.807) is 30.3 Å². The maximum Gasteiger partial charge on any atom is 0.329 e. The minimum Gasteiger partial charge on any atom is -0.483 e. The summed E-state index contributed by atoms with van der Waals surface area (Å²) >= 11 is 3.35. The van der Waals surface area contributed by atoms with Gasteiger partial charge in [0.25, 0.3) is 5.91 Å². The van der Waals surface area contributed by atoms with E-state index in [4.69, 9.17) is 4.74 Å². The number of amides is 3. The molecule has 0 saturated heterocycles. The second-order valence-corrected chi connectivity index (χ2v) is 7.25. The molecule has 3 amide bonds. The number of carbonyl (C=O) groups is 3. The lowest BCUT2D eigenvalue weighted by Gasteiger charge is -2.10. The minimum absolute atomic E-state index is 0.0874. The summed E-state index contributed by atoms with van der Waals surface area (Å²) in [5.41, 5.74) is 3.37. The molecule has 1 fully saturated rings. The van der Waals surface area contributed by atoms with Crippen LogP contribution in [0, 0.1) is 0 Å². The molecule has 0 radical (unpaired) electrons. The zero-order valence-electron chi connectivity index (χ0n) is 15.4. The second kappa shape index (κ2) is 9.83. The van der Waals surface area contributed by atoms with Gasteiger partial charge in [-0.15, -0.1) is 0 Å². The molecule has 2 aromatic rings. The number of hydrogen-bond acceptors (Lipinski definition) is 5. The number of nitrogens with one attached hydrogen (secondary N) is 3. The molecule has 29 heavy (non-hydrogen) atoms. The van der Waals surface area contributed by atoms with E-state index < -0.39 is 11.8 Å². The average Bonchev–Trinajstić information content (AvgIpc) is 3.52. The molecule has 0 aromatic heterocycles. The molecule has 1 saturated carbocycles. The number of anilines is 1. The third-order valence-corrected chi connectivity index (χ3v) is 4.37. The molecule has 0 spiro atoms. The van der Waals surface area contributed by atoms with E-state index in [1.807, 2.05) is 18.2 Å². The van der Waals surface area contributed by atoms with Gasteiger partial charge in [0.2, 0.25) is 0 Å². The summed E-state index contributed by atoms with van der Waals surface area (Å²) in [5.74, 6) is -1.47. The van der Waals surface area contributed by atoms with E-state index in [0.29, 0.717) is 17.0 Å². The molecule has 0 atom stereocenters. The Morgan fingerprint density at radius 1 is 1.10 bits per heavy atom. The van der Waals surface area contributed by atoms with E-state index >= 15 is 0 Å². The third kappa shape index (κ3) is 6.72. The van der Waals surface area contributed by atoms with Crippen LogP contribution in [0.1, 0.15) is 18.4 Å². The molecule has 150 valence electrons. The zero-order chi connectivity index (χ0) is 20.6. The number of hydrogen-bond donors (Lipinski definition) is 3. The van der Waals surface area contributed by atoms with E-state index in [0.717, 1.165) is 17.3 Å². The Bertz CT molecular complexity index is 929. The van der Waals surface area contributed by atoms with Crippen LogP contribution < -0.4 is 20.8 Å². The SMILES string of the molecule is O=C(COc1ccc(Br)cc1/C=N\NC(=O)C(=O)NC1CC1)Nc1ccccc1. The number of benzene rings is 2. The fourth-order valence-corrected chi connectivity index (χ4v) is 2.68. The summed E-state index contributed by atoms with van der Waals surface area (Å²) in [7, 11) is 0. The Morgan fingerprint density at radius 2 is 1.86 bits per heavy atom. The van der Waals surface area contributed by atoms with Crippen LogP contribution in [0.5, 0.6) is 5.75 Å². The van der Waals surface area contributed by atoms with Gasteiger partial charge in [-0.3, -0.25) is 14.4 Å². The number of ether oxygens (including phenoxy) is 1. The Kier molecular flexibility index (Phi) is 6.96. The van der Waals surface area contributed by atoms with Crippen molar-refractivity contribution in [3.8, 4) is 5.75 Å². The van der Waals surface area contributed by atoms with Crippen LogP contribution in [0.3, 0.4) is 0 Å². The molecule has 3 rings (SSSR count). The molecule has 8 nitrogen and oxygen atoms in total. The fraction of sp³-hybridized carbons (Fsp3) is 0.200. The highest BCUT2D eigenvalue weighted by Gasteiger charge is 2.26. The van der Waals surface area contributed by atoms with Gasteiger partial charge in [-0.1, -0.05) is 34.1 Å². The summed E-state index contributed by atoms with van der Waals surface area (Å²) in [5, 5.41) is 9.10. The average molecular weight is 459 g/mol. The topological polar surface area (TPSA) is 109 Å². The Labute approximate surface area is 175 Å². The smallest absolute Gasteiger partial charge is 0.329 e. The molecule has 0 unspecified atom stereocenters. The van der Waals surface area contributed by atoms with Gasteiger partial charge in [0, 0.05) is 21.8 Å². The van der Waals surface area contributed by atoms with E-state index in [2.05, 4.69) is 37.1 Å². The second-order valence-electron chi connectivity index (χ2n) is 6.33. The van der Waals surface area contributed by atoms with Gasteiger partial charge in [-0.25, -0.2) is 5.43 Å². The predicted octanol–water partition coefficient (Wildman–Crippen LogP) is 2.20. The minimum atomic E-state index is -0.840. The number of halogens is 1. The van der Waals surface area contributed by atoms with Crippen LogP contribution in [0.15, 0.2) is 58.1 Å². The van der Waals surface area contributed by atoms with E-state index in [1.165, 1.54) is 6.21 Å². The number of rotatable bonds is 7. The van der Waals surface area contributed by atoms with Crippen molar-refractivity contribution in [3.05, 3.63) is 58.6 Å². The highest BCUT2D eigenvalue weighted by molar-refractivity contribution is 9.10. The molecule has 0 heterocycles. The maximum atomic E-state index is 12.1. The van der Waals surface area contributed by atoms with Crippen LogP contribution in [0.4, 0.5) is 5.69 Å². The lowest BCUT2D eigenvalue weighted by atomic mass is 10.2. The van der Waals surface area contributed by atoms with Crippen molar-refractivity contribution in [1.29, 1.82) is 0 Å². The van der Waals surface area contributed by atoms with Crippen LogP contribution in [0.25, 0.3) is 0 Å². The maximum absolute atomic E-state index is 12.1. The first-order valence-electron chi connectivity index (χ1n) is 8.92. The van der Waals surface area contributed by atoms with Gasteiger partial charge in [0.05, 0.1) is 6.21 Å². The molecule has 0 aliphatic heterocycles. The fourth-order valence-electron chi connectivity index (χ4n) is 2.30. The number of carbonyl (C=O) groups excluding carboxylic acids is 3. The third-order valence-electron chi connectivity index (χ3n) is 3.88. The van der Waals surface area contributed by atoms with Crippen molar-refractivity contribution in [2.24, 2.45) is 5.10 Å². The van der Waals surface area contributed by atoms with Gasteiger partial charge in [0.15, 0.2) is 6.61 Å². The molecular weight excluding hydrogens is 440 g/mol. The number of para-hydroxylation sites is 1. The van der Waals surface area contributed by atoms with Gasteiger partial charge in [0.1, 0.15) is 5.75 Å². The van der Waals surface area contributed by atoms with Crippen molar-refractivity contribution in [3.63, 3.8) is 0 Å². The summed E-state index contributed by atoms with van der Waals surface area (Å²) in [6.45, 7) is -0.201. The van der Waals surface area contributed by atoms with Crippen molar-refractivity contribution in [2.45, 2.75) is 18.9 Å². The molecule has 0 bridgehead atoms. The number of hydrazone groups is 1. The first-order chi connectivity index (χ1) is 14.0. The molecule has 3 N–H and O–H groups in total. The van der Waals surface area contributed by atoms with Crippen LogP contribution in [-0.2, 0) is 14.4 Å². The Hall–Kier alpha value is -3.20. The summed E-state index contributed by atoms with van der Waals surface area (Å²) in [6.07, 6.45) is 3.12. The lowest BCUT2D eigenvalue weighted by molar-refractivity contribution is -0.139. The largest absolute Gasteiger partial charge is 0.483 e. The van der Waals surface area contributed by atoms with Gasteiger partial charge < -0.3 is 15.4 Å². The first kappa shape index (κ1) is 20.5. The van der Waals surface area contributed by atoms with Crippen molar-refractivity contribution < 1.29 is 19.1 Å². The van der Waals surface area contributed by atoms with E-state index in [9.17, 15) is 14.4 Å². The number of nitrogens with zero attached hydrogens (tertiary/aromatic N) is 1. The quantitative estimate of drug-likeness (QED) is 0.335. The summed E-state index contributed by atoms with van der Waals surface area (Å²) in [6, 6.07) is 14.3. The molecule has 1 aliphatic carbocycles. The van der Waals surface area contributed by atoms with Crippen LogP contribution in [-0.4, -0.2) is 36.6 Å². The van der Waals surface area contributed by atoms with Gasteiger partial charge >= 0.3 is 11.8 Å². The van der Waals surface area contributed by atoms with Crippen LogP contribution in [0.2, 0.25) is 0 Å². The molecule has 2 aromatic carbocycles. The van der Waals surface area contributed by atoms with Gasteiger partial charge in [-0.2, -0.15) is 5.10 Å². The van der Waals surface area contributed by atoms with Crippen molar-refractivity contribution in [1.82, 2.24) is 10.7 Å². The first-order valence-corrected chi connectivity index (χ1v) is 9.72. The van der Waals surface area contributed by atoms with Crippen LogP contribution >= 0.6 is 15.9 Å². The van der Waals surface area contributed by atoms with Crippen molar-refractivity contribution in [2.75, 3.05) is 11.9 Å². The highest BCUT2D eigenvalue weighted by atomic mass is 79.9. The zero-order valence-corrected chi connectivity index (χ0v) is 16.9. The normalized spacial score (nSPS) is 13.0. The molecule has 9 heteroatoms. The standard InChI is InChI=1S/C20H19BrN4O4/c21-14-6-9-17(29-12-18(26)23-15-4-2-1-3-5-15)13(10-14)11-22-25-20(28)19(27)24-16-7-8-16/h1-6,9-11,16H,7-8,12H2,(H,23,26)(H,24,27)(H,25,28)/b22-11-. The van der Waals surface area contributed by atoms with Gasteiger partial charge in [-0.05, 0) is 43.2 Å². The lowest BCUT2D eigenvalue weighted by Crippen LogP contribution is -2.38. The summed E-state index contributed by atoms with van der Waals surface area (Å²) in [4.78, 5) is 35.4.